The van der Waals surface area contributed by atoms with E-state index in [1.807, 2.05) is 29.2 Å². The number of rotatable bonds is 4. The van der Waals surface area contributed by atoms with Crippen molar-refractivity contribution in [2.75, 3.05) is 37.6 Å². The number of nitrogens with zero attached hydrogens (tertiary/aromatic N) is 4. The van der Waals surface area contributed by atoms with Gasteiger partial charge in [-0.25, -0.2) is 9.37 Å². The van der Waals surface area contributed by atoms with Gasteiger partial charge in [0.15, 0.2) is 5.01 Å². The van der Waals surface area contributed by atoms with Crippen molar-refractivity contribution >= 4 is 40.4 Å². The minimum atomic E-state index is -0.393. The average molecular weight is 485 g/mol. The van der Waals surface area contributed by atoms with Crippen molar-refractivity contribution in [3.8, 4) is 11.1 Å². The number of carbonyl (C=O) groups excluding carboxylic acids is 2. The zero-order chi connectivity index (χ0) is 22.9. The second kappa shape index (κ2) is 9.21. The predicted octanol–water partition coefficient (Wildman–Crippen LogP) is 4.17. The number of hydrogen-bond acceptors (Lipinski definition) is 5. The molecule has 2 aliphatic heterocycles. The fourth-order valence-electron chi connectivity index (χ4n) is 4.50. The molecule has 0 aliphatic carbocycles. The molecule has 33 heavy (non-hydrogen) atoms. The Labute approximate surface area is 200 Å². The van der Waals surface area contributed by atoms with E-state index >= 15 is 0 Å². The Hall–Kier alpha value is -2.81. The van der Waals surface area contributed by atoms with Crippen LogP contribution in [0.2, 0.25) is 5.02 Å². The highest BCUT2D eigenvalue weighted by atomic mass is 35.5. The van der Waals surface area contributed by atoms with Crippen LogP contribution in [0, 0.1) is 5.82 Å². The molecule has 1 unspecified atom stereocenters. The molecule has 5 rings (SSSR count). The zero-order valence-corrected chi connectivity index (χ0v) is 19.4. The van der Waals surface area contributed by atoms with E-state index in [0.717, 1.165) is 18.8 Å². The number of anilines is 1. The third-order valence-corrected chi connectivity index (χ3v) is 7.23. The van der Waals surface area contributed by atoms with Crippen LogP contribution in [-0.4, -0.2) is 65.4 Å². The molecule has 0 radical (unpaired) electrons. The van der Waals surface area contributed by atoms with Crippen molar-refractivity contribution in [1.82, 2.24) is 14.8 Å². The van der Waals surface area contributed by atoms with Crippen molar-refractivity contribution < 1.29 is 14.0 Å². The molecule has 3 aromatic rings. The van der Waals surface area contributed by atoms with Crippen LogP contribution in [0.25, 0.3) is 11.1 Å². The summed E-state index contributed by atoms with van der Waals surface area (Å²) >= 11 is 7.23. The molecule has 170 valence electrons. The Bertz CT molecular complexity index is 1180. The molecule has 2 saturated heterocycles. The molecule has 0 N–H and O–H groups in total. The first-order valence-electron chi connectivity index (χ1n) is 10.8. The SMILES string of the molecule is O=C(c1nccs1)N1CCN(C2CC(=O)N(c3cccc(-c4ccc(Cl)cc4F)c3)C2)CC1. The summed E-state index contributed by atoms with van der Waals surface area (Å²) < 4.78 is 14.4. The van der Waals surface area contributed by atoms with Gasteiger partial charge in [0.1, 0.15) is 5.82 Å². The summed E-state index contributed by atoms with van der Waals surface area (Å²) in [7, 11) is 0. The third kappa shape index (κ3) is 4.51. The van der Waals surface area contributed by atoms with E-state index in [-0.39, 0.29) is 17.9 Å². The number of piperazine rings is 1. The maximum atomic E-state index is 14.4. The van der Waals surface area contributed by atoms with Gasteiger partial charge >= 0.3 is 0 Å². The van der Waals surface area contributed by atoms with Crippen molar-refractivity contribution in [2.24, 2.45) is 0 Å². The lowest BCUT2D eigenvalue weighted by Crippen LogP contribution is -2.52. The normalized spacial score (nSPS) is 19.3. The maximum absolute atomic E-state index is 14.4. The molecule has 0 spiro atoms. The molecule has 1 atom stereocenters. The Kier molecular flexibility index (Phi) is 6.14. The molecule has 6 nitrogen and oxygen atoms in total. The number of thiazole rings is 1. The zero-order valence-electron chi connectivity index (χ0n) is 17.8. The van der Waals surface area contributed by atoms with E-state index in [0.29, 0.717) is 47.2 Å². The summed E-state index contributed by atoms with van der Waals surface area (Å²) in [6.07, 6.45) is 2.07. The fourth-order valence-corrected chi connectivity index (χ4v) is 5.26. The minimum Gasteiger partial charge on any atom is -0.334 e. The highest BCUT2D eigenvalue weighted by molar-refractivity contribution is 7.11. The van der Waals surface area contributed by atoms with E-state index in [2.05, 4.69) is 9.88 Å². The lowest BCUT2D eigenvalue weighted by Gasteiger charge is -2.37. The first-order valence-corrected chi connectivity index (χ1v) is 12.0. The second-order valence-electron chi connectivity index (χ2n) is 8.20. The molecule has 9 heteroatoms. The van der Waals surface area contributed by atoms with E-state index in [1.54, 1.807) is 28.6 Å². The Morgan fingerprint density at radius 1 is 1.12 bits per heavy atom. The van der Waals surface area contributed by atoms with Crippen LogP contribution in [0.3, 0.4) is 0 Å². The number of carbonyl (C=O) groups is 2. The summed E-state index contributed by atoms with van der Waals surface area (Å²) in [5.74, 6) is -0.370. The van der Waals surface area contributed by atoms with Crippen molar-refractivity contribution in [3.05, 3.63) is 69.9 Å². The van der Waals surface area contributed by atoms with Crippen LogP contribution in [0.4, 0.5) is 10.1 Å². The Morgan fingerprint density at radius 2 is 1.94 bits per heavy atom. The van der Waals surface area contributed by atoms with Crippen LogP contribution in [0.15, 0.2) is 54.0 Å². The molecule has 2 fully saturated rings. The first kappa shape index (κ1) is 22.0. The molecule has 3 heterocycles. The monoisotopic (exact) mass is 484 g/mol. The van der Waals surface area contributed by atoms with Gasteiger partial charge in [0, 0.05) is 73.0 Å². The number of benzene rings is 2. The summed E-state index contributed by atoms with van der Waals surface area (Å²) in [5.41, 5.74) is 1.91. The molecule has 2 aliphatic rings. The number of amides is 2. The van der Waals surface area contributed by atoms with Gasteiger partial charge in [0.2, 0.25) is 5.91 Å². The van der Waals surface area contributed by atoms with Crippen LogP contribution >= 0.6 is 22.9 Å². The van der Waals surface area contributed by atoms with Gasteiger partial charge in [-0.3, -0.25) is 14.5 Å². The summed E-state index contributed by atoms with van der Waals surface area (Å²) in [6.45, 7) is 3.26. The summed E-state index contributed by atoms with van der Waals surface area (Å²) in [4.78, 5) is 35.4. The summed E-state index contributed by atoms with van der Waals surface area (Å²) in [6, 6.07) is 12.1. The summed E-state index contributed by atoms with van der Waals surface area (Å²) in [5, 5.41) is 2.67. The molecular formula is C24H22ClFN4O2S. The van der Waals surface area contributed by atoms with Gasteiger partial charge in [0.25, 0.3) is 5.91 Å². The Balaban J connectivity index is 1.25. The van der Waals surface area contributed by atoms with E-state index < -0.39 is 5.82 Å². The largest absolute Gasteiger partial charge is 0.334 e. The van der Waals surface area contributed by atoms with E-state index in [1.165, 1.54) is 17.4 Å². The quantitative estimate of drug-likeness (QED) is 0.558. The highest BCUT2D eigenvalue weighted by Gasteiger charge is 2.36. The van der Waals surface area contributed by atoms with Gasteiger partial charge in [0.05, 0.1) is 0 Å². The van der Waals surface area contributed by atoms with E-state index in [9.17, 15) is 14.0 Å². The van der Waals surface area contributed by atoms with Crippen LogP contribution < -0.4 is 4.90 Å². The lowest BCUT2D eigenvalue weighted by molar-refractivity contribution is -0.117. The average Bonchev–Trinajstić information content (AvgIpc) is 3.49. The van der Waals surface area contributed by atoms with E-state index in [4.69, 9.17) is 11.6 Å². The minimum absolute atomic E-state index is 0.0278. The first-order chi connectivity index (χ1) is 16.0. The molecule has 2 aromatic carbocycles. The van der Waals surface area contributed by atoms with Crippen LogP contribution in [0.1, 0.15) is 16.2 Å². The third-order valence-electron chi connectivity index (χ3n) is 6.24. The smallest absolute Gasteiger partial charge is 0.282 e. The molecule has 2 amide bonds. The van der Waals surface area contributed by atoms with Crippen LogP contribution in [-0.2, 0) is 4.79 Å². The standard InChI is InChI=1S/C24H22ClFN4O2S/c25-17-4-5-20(21(26)13-17)16-2-1-3-18(12-16)30-15-19(14-22(30)31)28-7-9-29(10-8-28)24(32)23-27-6-11-33-23/h1-6,11-13,19H,7-10,14-15H2. The predicted molar refractivity (Wildman–Crippen MR) is 127 cm³/mol. The van der Waals surface area contributed by atoms with Gasteiger partial charge in [-0.1, -0.05) is 23.7 Å². The highest BCUT2D eigenvalue weighted by Crippen LogP contribution is 2.31. The van der Waals surface area contributed by atoms with Gasteiger partial charge in [-0.05, 0) is 35.9 Å². The van der Waals surface area contributed by atoms with Crippen LogP contribution in [0.5, 0.6) is 0 Å². The number of hydrogen-bond donors (Lipinski definition) is 0. The number of aromatic nitrogens is 1. The van der Waals surface area contributed by atoms with Gasteiger partial charge in [-0.15, -0.1) is 11.3 Å². The van der Waals surface area contributed by atoms with Crippen molar-refractivity contribution in [3.63, 3.8) is 0 Å². The van der Waals surface area contributed by atoms with Crippen molar-refractivity contribution in [2.45, 2.75) is 12.5 Å². The topological polar surface area (TPSA) is 56.8 Å². The Morgan fingerprint density at radius 3 is 2.67 bits per heavy atom. The maximum Gasteiger partial charge on any atom is 0.282 e. The lowest BCUT2D eigenvalue weighted by atomic mass is 10.0. The number of halogens is 2. The molecular weight excluding hydrogens is 463 g/mol. The second-order valence-corrected chi connectivity index (χ2v) is 9.53. The molecule has 0 bridgehead atoms. The molecule has 0 saturated carbocycles. The van der Waals surface area contributed by atoms with Crippen molar-refractivity contribution in [1.29, 1.82) is 0 Å². The molecule has 1 aromatic heterocycles. The van der Waals surface area contributed by atoms with Gasteiger partial charge < -0.3 is 9.80 Å². The fraction of sp³-hybridized carbons (Fsp3) is 0.292. The van der Waals surface area contributed by atoms with Gasteiger partial charge in [-0.2, -0.15) is 0 Å².